The van der Waals surface area contributed by atoms with E-state index in [2.05, 4.69) is 19.2 Å². The molecule has 1 saturated carbocycles. The molecule has 20 heavy (non-hydrogen) atoms. The zero-order chi connectivity index (χ0) is 14.2. The maximum atomic E-state index is 13.1. The second kappa shape index (κ2) is 5.45. The molecule has 1 aliphatic heterocycles. The SMILES string of the molecule is CC1(C)CC(NC(c2ccc(F)cc2)C2CC2)CCO1. The quantitative estimate of drug-likeness (QED) is 0.903. The molecule has 0 bridgehead atoms. The Morgan fingerprint density at radius 1 is 1.20 bits per heavy atom. The van der Waals surface area contributed by atoms with Gasteiger partial charge in [-0.25, -0.2) is 4.39 Å². The third kappa shape index (κ3) is 3.39. The monoisotopic (exact) mass is 277 g/mol. The van der Waals surface area contributed by atoms with Crippen LogP contribution in [0.4, 0.5) is 4.39 Å². The van der Waals surface area contributed by atoms with Crippen LogP contribution in [0, 0.1) is 11.7 Å². The summed E-state index contributed by atoms with van der Waals surface area (Å²) in [6.45, 7) is 5.14. The summed E-state index contributed by atoms with van der Waals surface area (Å²) in [4.78, 5) is 0. The predicted octanol–water partition coefficient (Wildman–Crippen LogP) is 3.82. The lowest BCUT2D eigenvalue weighted by Gasteiger charge is -2.38. The summed E-state index contributed by atoms with van der Waals surface area (Å²) in [5.41, 5.74) is 1.19. The average Bonchev–Trinajstić information content (AvgIpc) is 3.20. The van der Waals surface area contributed by atoms with Gasteiger partial charge in [-0.1, -0.05) is 12.1 Å². The van der Waals surface area contributed by atoms with E-state index in [0.29, 0.717) is 18.0 Å². The van der Waals surface area contributed by atoms with Gasteiger partial charge in [0.05, 0.1) is 5.60 Å². The minimum atomic E-state index is -0.157. The third-order valence-electron chi connectivity index (χ3n) is 4.43. The molecule has 0 radical (unpaired) electrons. The summed E-state index contributed by atoms with van der Waals surface area (Å²) in [6.07, 6.45) is 4.66. The second-order valence-electron chi connectivity index (χ2n) is 6.83. The molecule has 1 aromatic carbocycles. The van der Waals surface area contributed by atoms with Gasteiger partial charge in [0.25, 0.3) is 0 Å². The summed E-state index contributed by atoms with van der Waals surface area (Å²) in [5, 5.41) is 3.81. The molecule has 1 aromatic rings. The van der Waals surface area contributed by atoms with Crippen molar-refractivity contribution in [2.75, 3.05) is 6.61 Å². The van der Waals surface area contributed by atoms with Crippen LogP contribution in [-0.2, 0) is 4.74 Å². The van der Waals surface area contributed by atoms with Crippen molar-refractivity contribution in [1.82, 2.24) is 5.32 Å². The van der Waals surface area contributed by atoms with Gasteiger partial charge in [-0.3, -0.25) is 0 Å². The van der Waals surface area contributed by atoms with Gasteiger partial charge in [0.15, 0.2) is 0 Å². The highest BCUT2D eigenvalue weighted by atomic mass is 19.1. The Kier molecular flexibility index (Phi) is 3.83. The Morgan fingerprint density at radius 3 is 2.50 bits per heavy atom. The van der Waals surface area contributed by atoms with E-state index < -0.39 is 0 Å². The van der Waals surface area contributed by atoms with Crippen LogP contribution in [-0.4, -0.2) is 18.2 Å². The van der Waals surface area contributed by atoms with Gasteiger partial charge in [0.2, 0.25) is 0 Å². The Hall–Kier alpha value is -0.930. The van der Waals surface area contributed by atoms with Crippen molar-refractivity contribution in [3.05, 3.63) is 35.6 Å². The van der Waals surface area contributed by atoms with Crippen molar-refractivity contribution in [3.63, 3.8) is 0 Å². The van der Waals surface area contributed by atoms with E-state index in [9.17, 15) is 4.39 Å². The molecule has 2 aliphatic rings. The molecule has 2 nitrogen and oxygen atoms in total. The van der Waals surface area contributed by atoms with Gasteiger partial charge in [-0.2, -0.15) is 0 Å². The molecule has 2 fully saturated rings. The predicted molar refractivity (Wildman–Crippen MR) is 78.1 cm³/mol. The van der Waals surface area contributed by atoms with Gasteiger partial charge in [-0.15, -0.1) is 0 Å². The lowest BCUT2D eigenvalue weighted by molar-refractivity contribution is -0.0645. The number of halogens is 1. The topological polar surface area (TPSA) is 21.3 Å². The molecule has 3 rings (SSSR count). The summed E-state index contributed by atoms with van der Waals surface area (Å²) < 4.78 is 18.9. The smallest absolute Gasteiger partial charge is 0.123 e. The van der Waals surface area contributed by atoms with Gasteiger partial charge in [-0.05, 0) is 63.1 Å². The van der Waals surface area contributed by atoms with Gasteiger partial charge < -0.3 is 10.1 Å². The van der Waals surface area contributed by atoms with Crippen LogP contribution in [0.5, 0.6) is 0 Å². The molecule has 1 saturated heterocycles. The number of nitrogens with one attached hydrogen (secondary N) is 1. The standard InChI is InChI=1S/C17H24FNO/c1-17(2)11-15(9-10-20-17)19-16(12-3-4-12)13-5-7-14(18)8-6-13/h5-8,12,15-16,19H,3-4,9-11H2,1-2H3. The Balaban J connectivity index is 1.70. The molecular formula is C17H24FNO. The maximum Gasteiger partial charge on any atom is 0.123 e. The normalized spacial score (nSPS) is 27.2. The maximum absolute atomic E-state index is 13.1. The lowest BCUT2D eigenvalue weighted by atomic mass is 9.92. The molecule has 1 N–H and O–H groups in total. The highest BCUT2D eigenvalue weighted by Crippen LogP contribution is 2.42. The van der Waals surface area contributed by atoms with E-state index in [1.54, 1.807) is 12.1 Å². The van der Waals surface area contributed by atoms with Crippen LogP contribution in [0.2, 0.25) is 0 Å². The molecule has 0 spiro atoms. The lowest BCUT2D eigenvalue weighted by Crippen LogP contribution is -2.45. The Bertz CT molecular complexity index is 453. The van der Waals surface area contributed by atoms with Crippen LogP contribution in [0.15, 0.2) is 24.3 Å². The van der Waals surface area contributed by atoms with E-state index in [1.807, 2.05) is 12.1 Å². The van der Waals surface area contributed by atoms with Gasteiger partial charge in [0, 0.05) is 18.7 Å². The molecular weight excluding hydrogens is 253 g/mol. The van der Waals surface area contributed by atoms with Crippen LogP contribution in [0.1, 0.15) is 51.1 Å². The van der Waals surface area contributed by atoms with Crippen molar-refractivity contribution in [2.24, 2.45) is 5.92 Å². The van der Waals surface area contributed by atoms with E-state index in [1.165, 1.54) is 18.4 Å². The van der Waals surface area contributed by atoms with E-state index >= 15 is 0 Å². The van der Waals surface area contributed by atoms with Crippen molar-refractivity contribution >= 4 is 0 Å². The fourth-order valence-electron chi connectivity index (χ4n) is 3.23. The molecule has 110 valence electrons. The molecule has 2 unspecified atom stereocenters. The van der Waals surface area contributed by atoms with Crippen molar-refractivity contribution in [2.45, 2.75) is 57.2 Å². The van der Waals surface area contributed by atoms with E-state index in [0.717, 1.165) is 19.4 Å². The highest BCUT2D eigenvalue weighted by Gasteiger charge is 2.36. The second-order valence-corrected chi connectivity index (χ2v) is 6.83. The largest absolute Gasteiger partial charge is 0.375 e. The minimum Gasteiger partial charge on any atom is -0.375 e. The zero-order valence-corrected chi connectivity index (χ0v) is 12.4. The first-order valence-electron chi connectivity index (χ1n) is 7.69. The summed E-state index contributed by atoms with van der Waals surface area (Å²) in [5.74, 6) is 0.557. The van der Waals surface area contributed by atoms with Crippen molar-refractivity contribution < 1.29 is 9.13 Å². The number of rotatable bonds is 4. The van der Waals surface area contributed by atoms with Crippen molar-refractivity contribution in [1.29, 1.82) is 0 Å². The Labute approximate surface area is 120 Å². The van der Waals surface area contributed by atoms with Gasteiger partial charge in [0.1, 0.15) is 5.82 Å². The molecule has 0 aromatic heterocycles. The molecule has 0 amide bonds. The van der Waals surface area contributed by atoms with Crippen molar-refractivity contribution in [3.8, 4) is 0 Å². The first kappa shape index (κ1) is 14.0. The van der Waals surface area contributed by atoms with Crippen LogP contribution in [0.3, 0.4) is 0 Å². The number of benzene rings is 1. The fraction of sp³-hybridized carbons (Fsp3) is 0.647. The fourth-order valence-corrected chi connectivity index (χ4v) is 3.23. The van der Waals surface area contributed by atoms with E-state index in [-0.39, 0.29) is 11.4 Å². The van der Waals surface area contributed by atoms with Crippen LogP contribution in [0.25, 0.3) is 0 Å². The summed E-state index contributed by atoms with van der Waals surface area (Å²) in [7, 11) is 0. The average molecular weight is 277 g/mol. The summed E-state index contributed by atoms with van der Waals surface area (Å²) >= 11 is 0. The third-order valence-corrected chi connectivity index (χ3v) is 4.43. The number of ether oxygens (including phenoxy) is 1. The number of hydrogen-bond donors (Lipinski definition) is 1. The van der Waals surface area contributed by atoms with Crippen LogP contribution >= 0.6 is 0 Å². The van der Waals surface area contributed by atoms with E-state index in [4.69, 9.17) is 4.74 Å². The van der Waals surface area contributed by atoms with Gasteiger partial charge >= 0.3 is 0 Å². The zero-order valence-electron chi connectivity index (χ0n) is 12.4. The first-order valence-corrected chi connectivity index (χ1v) is 7.69. The molecule has 2 atom stereocenters. The molecule has 1 heterocycles. The minimum absolute atomic E-state index is 0.0349. The molecule has 1 aliphatic carbocycles. The Morgan fingerprint density at radius 2 is 1.90 bits per heavy atom. The van der Waals surface area contributed by atoms with Crippen LogP contribution < -0.4 is 5.32 Å². The first-order chi connectivity index (χ1) is 9.53. The highest BCUT2D eigenvalue weighted by molar-refractivity contribution is 5.22. The molecule has 3 heteroatoms. The number of hydrogen-bond acceptors (Lipinski definition) is 2. The summed E-state index contributed by atoms with van der Waals surface area (Å²) in [6, 6.07) is 7.86.